The fourth-order valence-electron chi connectivity index (χ4n) is 3.40. The number of aromatic nitrogens is 1. The summed E-state index contributed by atoms with van der Waals surface area (Å²) in [6.07, 6.45) is 0.174. The molecular weight excluding hydrogens is 430 g/mol. The Morgan fingerprint density at radius 2 is 1.81 bits per heavy atom. The van der Waals surface area contributed by atoms with Gasteiger partial charge in [-0.2, -0.15) is 4.99 Å². The maximum atomic E-state index is 12.9. The van der Waals surface area contributed by atoms with Crippen molar-refractivity contribution in [3.05, 3.63) is 46.8 Å². The van der Waals surface area contributed by atoms with Crippen LogP contribution >= 0.6 is 11.3 Å². The molecule has 0 N–H and O–H groups in total. The van der Waals surface area contributed by atoms with Crippen LogP contribution in [-0.4, -0.2) is 50.4 Å². The predicted molar refractivity (Wildman–Crippen MR) is 123 cm³/mol. The molecule has 2 heterocycles. The Hall–Kier alpha value is -3.33. The maximum Gasteiger partial charge on any atom is 0.307 e. The van der Waals surface area contributed by atoms with Gasteiger partial charge in [0.15, 0.2) is 16.3 Å². The number of carbonyl (C=O) groups is 2. The lowest BCUT2D eigenvalue weighted by Crippen LogP contribution is -2.20. The fraction of sp³-hybridized carbons (Fsp3) is 0.348. The molecule has 1 aliphatic heterocycles. The van der Waals surface area contributed by atoms with E-state index in [0.29, 0.717) is 48.2 Å². The molecule has 168 valence electrons. The number of ether oxygens (including phenoxy) is 3. The number of carbonyl (C=O) groups excluding carboxylic acids is 2. The van der Waals surface area contributed by atoms with Crippen LogP contribution in [0.4, 0.5) is 5.69 Å². The number of hydrogen-bond acceptors (Lipinski definition) is 7. The van der Waals surface area contributed by atoms with Crippen molar-refractivity contribution in [2.75, 3.05) is 38.8 Å². The van der Waals surface area contributed by atoms with Gasteiger partial charge in [0.05, 0.1) is 23.2 Å². The summed E-state index contributed by atoms with van der Waals surface area (Å²) in [5.41, 5.74) is 2.33. The van der Waals surface area contributed by atoms with Crippen LogP contribution < -0.4 is 19.2 Å². The van der Waals surface area contributed by atoms with E-state index in [9.17, 15) is 9.59 Å². The smallest absolute Gasteiger partial charge is 0.307 e. The zero-order chi connectivity index (χ0) is 22.7. The van der Waals surface area contributed by atoms with Gasteiger partial charge in [0.2, 0.25) is 0 Å². The molecule has 0 aliphatic carbocycles. The van der Waals surface area contributed by atoms with Crippen LogP contribution in [0.25, 0.3) is 10.2 Å². The average Bonchev–Trinajstić information content (AvgIpc) is 3.11. The monoisotopic (exact) mass is 455 g/mol. The third-order valence-electron chi connectivity index (χ3n) is 5.02. The molecule has 2 aromatic carbocycles. The molecule has 0 unspecified atom stereocenters. The van der Waals surface area contributed by atoms with Gasteiger partial charge in [-0.1, -0.05) is 11.3 Å². The lowest BCUT2D eigenvalue weighted by molar-refractivity contribution is -0.143. The second-order valence-electron chi connectivity index (χ2n) is 7.41. The molecule has 1 aliphatic rings. The SMILES string of the molecule is CCOC(=O)CCn1c(=NC(=O)c2ccc(N(C)C)cc2)sc2cc3c(cc21)OCCO3. The highest BCUT2D eigenvalue weighted by atomic mass is 32.1. The number of benzene rings is 2. The third-order valence-corrected chi connectivity index (χ3v) is 6.06. The molecule has 1 aromatic heterocycles. The molecule has 0 fully saturated rings. The lowest BCUT2D eigenvalue weighted by Gasteiger charge is -2.18. The van der Waals surface area contributed by atoms with Crippen molar-refractivity contribution in [1.29, 1.82) is 0 Å². The van der Waals surface area contributed by atoms with Crippen LogP contribution in [0.5, 0.6) is 11.5 Å². The first-order valence-corrected chi connectivity index (χ1v) is 11.2. The molecule has 0 saturated carbocycles. The number of anilines is 1. The number of rotatable bonds is 6. The van der Waals surface area contributed by atoms with Gasteiger partial charge in [-0.05, 0) is 31.2 Å². The fourth-order valence-corrected chi connectivity index (χ4v) is 4.46. The summed E-state index contributed by atoms with van der Waals surface area (Å²) in [7, 11) is 3.88. The standard InChI is InChI=1S/C23H25N3O5S/c1-4-29-21(27)9-10-26-17-13-18-19(31-12-11-30-18)14-20(17)32-23(26)24-22(28)15-5-7-16(8-6-15)25(2)3/h5-8,13-14H,4,9-12H2,1-3H3. The van der Waals surface area contributed by atoms with Crippen molar-refractivity contribution in [1.82, 2.24) is 4.57 Å². The van der Waals surface area contributed by atoms with Crippen LogP contribution in [0.1, 0.15) is 23.7 Å². The molecule has 0 spiro atoms. The number of thiazole rings is 1. The molecule has 0 radical (unpaired) electrons. The number of nitrogens with zero attached hydrogens (tertiary/aromatic N) is 3. The number of hydrogen-bond donors (Lipinski definition) is 0. The van der Waals surface area contributed by atoms with Crippen molar-refractivity contribution in [3.63, 3.8) is 0 Å². The second kappa shape index (κ2) is 9.44. The van der Waals surface area contributed by atoms with Gasteiger partial charge in [-0.15, -0.1) is 0 Å². The zero-order valence-electron chi connectivity index (χ0n) is 18.3. The molecule has 4 rings (SSSR count). The molecule has 8 nitrogen and oxygen atoms in total. The Morgan fingerprint density at radius 3 is 2.47 bits per heavy atom. The summed E-state index contributed by atoms with van der Waals surface area (Å²) >= 11 is 1.37. The summed E-state index contributed by atoms with van der Waals surface area (Å²) in [6.45, 7) is 3.40. The Morgan fingerprint density at radius 1 is 1.12 bits per heavy atom. The van der Waals surface area contributed by atoms with Crippen molar-refractivity contribution in [2.45, 2.75) is 19.9 Å². The molecule has 0 saturated heterocycles. The molecule has 1 amide bonds. The highest BCUT2D eigenvalue weighted by Gasteiger charge is 2.18. The van der Waals surface area contributed by atoms with E-state index < -0.39 is 0 Å². The summed E-state index contributed by atoms with van der Waals surface area (Å²) in [4.78, 5) is 31.7. The molecule has 0 atom stereocenters. The van der Waals surface area contributed by atoms with E-state index in [1.165, 1.54) is 11.3 Å². The topological polar surface area (TPSA) is 82.4 Å². The van der Waals surface area contributed by atoms with Gasteiger partial charge < -0.3 is 23.7 Å². The second-order valence-corrected chi connectivity index (χ2v) is 8.42. The van der Waals surface area contributed by atoms with Crippen LogP contribution in [0.3, 0.4) is 0 Å². The molecule has 32 heavy (non-hydrogen) atoms. The van der Waals surface area contributed by atoms with E-state index in [1.807, 2.05) is 47.8 Å². The van der Waals surface area contributed by atoms with Gasteiger partial charge in [0.25, 0.3) is 5.91 Å². The van der Waals surface area contributed by atoms with E-state index in [0.717, 1.165) is 15.9 Å². The first-order chi connectivity index (χ1) is 15.5. The Balaban J connectivity index is 1.74. The van der Waals surface area contributed by atoms with E-state index >= 15 is 0 Å². The third kappa shape index (κ3) is 4.62. The van der Waals surface area contributed by atoms with E-state index in [-0.39, 0.29) is 18.3 Å². The van der Waals surface area contributed by atoms with E-state index in [1.54, 1.807) is 19.1 Å². The summed E-state index contributed by atoms with van der Waals surface area (Å²) in [5.74, 6) is 0.667. The number of amides is 1. The molecule has 3 aromatic rings. The van der Waals surface area contributed by atoms with Gasteiger partial charge >= 0.3 is 5.97 Å². The minimum atomic E-state index is -0.344. The van der Waals surface area contributed by atoms with Crippen LogP contribution in [-0.2, 0) is 16.1 Å². The predicted octanol–water partition coefficient (Wildman–Crippen LogP) is 3.23. The number of aryl methyl sites for hydroxylation is 1. The summed E-state index contributed by atoms with van der Waals surface area (Å²) < 4.78 is 19.2. The van der Waals surface area contributed by atoms with Crippen LogP contribution in [0.2, 0.25) is 0 Å². The first-order valence-electron chi connectivity index (χ1n) is 10.4. The van der Waals surface area contributed by atoms with Gasteiger partial charge in [0, 0.05) is 44.0 Å². The Bertz CT molecular complexity index is 1210. The summed E-state index contributed by atoms with van der Waals surface area (Å²) in [6, 6.07) is 11.1. The normalized spacial score (nSPS) is 13.3. The van der Waals surface area contributed by atoms with Crippen molar-refractivity contribution < 1.29 is 23.8 Å². The first kappa shape index (κ1) is 21.9. The van der Waals surface area contributed by atoms with E-state index in [4.69, 9.17) is 14.2 Å². The quantitative estimate of drug-likeness (QED) is 0.531. The largest absolute Gasteiger partial charge is 0.486 e. The lowest BCUT2D eigenvalue weighted by atomic mass is 10.2. The van der Waals surface area contributed by atoms with Crippen LogP contribution in [0.15, 0.2) is 41.4 Å². The molecule has 9 heteroatoms. The van der Waals surface area contributed by atoms with Crippen molar-refractivity contribution in [2.24, 2.45) is 4.99 Å². The Labute approximate surface area is 189 Å². The highest BCUT2D eigenvalue weighted by Crippen LogP contribution is 2.35. The minimum absolute atomic E-state index is 0.174. The van der Waals surface area contributed by atoms with Crippen LogP contribution in [0, 0.1) is 0 Å². The minimum Gasteiger partial charge on any atom is -0.486 e. The maximum absolute atomic E-state index is 12.9. The van der Waals surface area contributed by atoms with E-state index in [2.05, 4.69) is 4.99 Å². The van der Waals surface area contributed by atoms with Gasteiger partial charge in [0.1, 0.15) is 13.2 Å². The summed E-state index contributed by atoms with van der Waals surface area (Å²) in [5, 5.41) is 0. The molecular formula is C23H25N3O5S. The van der Waals surface area contributed by atoms with Crippen molar-refractivity contribution >= 4 is 39.1 Å². The number of esters is 1. The van der Waals surface area contributed by atoms with Gasteiger partial charge in [-0.3, -0.25) is 9.59 Å². The van der Waals surface area contributed by atoms with Crippen molar-refractivity contribution in [3.8, 4) is 11.5 Å². The van der Waals surface area contributed by atoms with Gasteiger partial charge in [-0.25, -0.2) is 0 Å². The Kier molecular flexibility index (Phi) is 6.45. The highest BCUT2D eigenvalue weighted by molar-refractivity contribution is 7.16. The molecule has 0 bridgehead atoms. The average molecular weight is 456 g/mol. The number of fused-ring (bicyclic) bond motifs is 2. The zero-order valence-corrected chi connectivity index (χ0v) is 19.1.